The molecule has 4 N–H and O–H groups in total. The van der Waals surface area contributed by atoms with Crippen LogP contribution in [0.15, 0.2) is 18.2 Å². The van der Waals surface area contributed by atoms with Gasteiger partial charge in [0.2, 0.25) is 0 Å². The van der Waals surface area contributed by atoms with Gasteiger partial charge < -0.3 is 54.0 Å². The maximum atomic E-state index is 13.0. The fourth-order valence-corrected chi connectivity index (χ4v) is 3.56. The Morgan fingerprint density at radius 1 is 0.870 bits per heavy atom. The van der Waals surface area contributed by atoms with Crippen molar-refractivity contribution in [3.8, 4) is 5.75 Å². The minimum atomic E-state index is -0.589. The molecule has 0 heterocycles. The zero-order valence-corrected chi connectivity index (χ0v) is 28.1. The molecule has 0 aliphatic carbocycles. The van der Waals surface area contributed by atoms with E-state index in [0.29, 0.717) is 31.9 Å². The average molecular weight is 661 g/mol. The van der Waals surface area contributed by atoms with Crippen LogP contribution >= 0.6 is 0 Å². The molecule has 0 saturated carbocycles. The number of benzene rings is 1. The first-order valence-corrected chi connectivity index (χ1v) is 14.9. The van der Waals surface area contributed by atoms with Crippen molar-refractivity contribution >= 4 is 23.9 Å². The van der Waals surface area contributed by atoms with Gasteiger partial charge in [-0.1, -0.05) is 6.07 Å². The van der Waals surface area contributed by atoms with Crippen LogP contribution in [0.25, 0.3) is 0 Å². The summed E-state index contributed by atoms with van der Waals surface area (Å²) in [5, 5.41) is 24.2. The van der Waals surface area contributed by atoms with Crippen molar-refractivity contribution in [2.75, 3.05) is 67.0 Å². The number of methoxy groups -OCH3 is 2. The van der Waals surface area contributed by atoms with Gasteiger partial charge in [-0.05, 0) is 38.5 Å². The summed E-state index contributed by atoms with van der Waals surface area (Å²) in [7, 11) is 2.85. The molecule has 0 saturated heterocycles. The molecule has 2 amide bonds. The van der Waals surface area contributed by atoms with Crippen LogP contribution in [0.1, 0.15) is 63.4 Å². The van der Waals surface area contributed by atoms with Crippen molar-refractivity contribution in [3.05, 3.63) is 29.3 Å². The third-order valence-corrected chi connectivity index (χ3v) is 5.53. The van der Waals surface area contributed by atoms with Gasteiger partial charge in [0, 0.05) is 53.5 Å². The number of aliphatic hydroxyl groups is 2. The summed E-state index contributed by atoms with van der Waals surface area (Å²) in [6, 6.07) is 4.76. The van der Waals surface area contributed by atoms with E-state index in [1.54, 1.807) is 32.9 Å². The monoisotopic (exact) mass is 660 g/mol. The first kappa shape index (κ1) is 42.5. The minimum Gasteiger partial charge on any atom is -0.487 e. The molecule has 2 unspecified atom stereocenters. The lowest BCUT2D eigenvalue weighted by atomic mass is 10.1. The molecule has 0 aliphatic rings. The normalized spacial score (nSPS) is 12.1. The van der Waals surface area contributed by atoms with E-state index < -0.39 is 35.8 Å². The summed E-state index contributed by atoms with van der Waals surface area (Å²) in [5.74, 6) is -0.881. The lowest BCUT2D eigenvalue weighted by Gasteiger charge is -2.24. The quantitative estimate of drug-likeness (QED) is 0.0897. The number of hydrogen-bond donors (Lipinski definition) is 4. The molecule has 1 rings (SSSR count). The molecule has 15 nitrogen and oxygen atoms in total. The van der Waals surface area contributed by atoms with Gasteiger partial charge in [0.25, 0.3) is 5.91 Å². The summed E-state index contributed by atoms with van der Waals surface area (Å²) >= 11 is 0. The molecular formula is C31H52N2O13. The van der Waals surface area contributed by atoms with Gasteiger partial charge in [-0.3, -0.25) is 14.4 Å². The average Bonchev–Trinajstić information content (AvgIpc) is 2.97. The molecule has 46 heavy (non-hydrogen) atoms. The molecule has 0 bridgehead atoms. The van der Waals surface area contributed by atoms with Crippen LogP contribution < -0.4 is 15.4 Å². The van der Waals surface area contributed by atoms with Gasteiger partial charge in [0.15, 0.2) is 0 Å². The van der Waals surface area contributed by atoms with Crippen molar-refractivity contribution in [2.45, 2.75) is 71.9 Å². The number of rotatable bonds is 20. The number of alkyl carbamates (subject to hydrolysis) is 1. The molecule has 0 spiro atoms. The van der Waals surface area contributed by atoms with Crippen LogP contribution in [-0.2, 0) is 44.6 Å². The highest BCUT2D eigenvalue weighted by molar-refractivity contribution is 5.97. The van der Waals surface area contributed by atoms with Crippen LogP contribution in [0, 0.1) is 0 Å². The van der Waals surface area contributed by atoms with E-state index in [4.69, 9.17) is 28.4 Å². The number of carbonyl (C=O) groups excluding carboxylic acids is 4. The number of carbonyl (C=O) groups is 4. The summed E-state index contributed by atoms with van der Waals surface area (Å²) in [6.07, 6.45) is -1.20. The smallest absolute Gasteiger partial charge is 0.407 e. The van der Waals surface area contributed by atoms with E-state index in [-0.39, 0.29) is 63.1 Å². The molecule has 0 aliphatic heterocycles. The van der Waals surface area contributed by atoms with E-state index in [1.807, 2.05) is 0 Å². The van der Waals surface area contributed by atoms with Gasteiger partial charge in [0.05, 0.1) is 52.3 Å². The lowest BCUT2D eigenvalue weighted by Crippen LogP contribution is -2.34. The van der Waals surface area contributed by atoms with Crippen molar-refractivity contribution in [3.63, 3.8) is 0 Å². The summed E-state index contributed by atoms with van der Waals surface area (Å²) in [5.41, 5.74) is 0.177. The van der Waals surface area contributed by atoms with E-state index >= 15 is 0 Å². The van der Waals surface area contributed by atoms with E-state index in [2.05, 4.69) is 15.4 Å². The summed E-state index contributed by atoms with van der Waals surface area (Å²) < 4.78 is 36.7. The molecule has 1 aromatic carbocycles. The molecule has 0 radical (unpaired) electrons. The van der Waals surface area contributed by atoms with Gasteiger partial charge in [-0.15, -0.1) is 0 Å². The maximum absolute atomic E-state index is 13.0. The minimum absolute atomic E-state index is 0.152. The Hall–Kier alpha value is -3.50. The Bertz CT molecular complexity index is 1030. The third kappa shape index (κ3) is 22.1. The fourth-order valence-electron chi connectivity index (χ4n) is 3.56. The molecule has 1 aromatic rings. The number of ether oxygens (including phenoxy) is 7. The standard InChI is InChI=1S/C28H46N2O11.C3H6O2/c1-20(33)39-22(8-11-31)17-23(19-36-5)40-25-7-6-21(18-32)16-24(25)26(34)29-9-12-37-14-15-38-13-10-30-27(35)41-28(2,3)4;1-3(4)5-2/h6-7,16,22-23,31-32H,8-15,17-19H2,1-5H3,(H,29,34)(H,30,35);1-2H3. The van der Waals surface area contributed by atoms with E-state index in [1.165, 1.54) is 34.1 Å². The van der Waals surface area contributed by atoms with Crippen LogP contribution in [0.5, 0.6) is 5.75 Å². The maximum Gasteiger partial charge on any atom is 0.407 e. The first-order chi connectivity index (χ1) is 21.8. The number of esters is 2. The van der Waals surface area contributed by atoms with E-state index in [9.17, 15) is 29.4 Å². The highest BCUT2D eigenvalue weighted by Gasteiger charge is 2.23. The summed E-state index contributed by atoms with van der Waals surface area (Å²) in [6.45, 7) is 9.39. The second-order valence-corrected chi connectivity index (χ2v) is 10.8. The van der Waals surface area contributed by atoms with Crippen LogP contribution in [0.2, 0.25) is 0 Å². The van der Waals surface area contributed by atoms with Crippen LogP contribution in [0.3, 0.4) is 0 Å². The second kappa shape index (κ2) is 24.7. The Morgan fingerprint density at radius 2 is 1.48 bits per heavy atom. The molecule has 264 valence electrons. The SMILES string of the molecule is COC(C)=O.COCC(CC(CCO)OC(C)=O)Oc1ccc(CO)cc1C(=O)NCCOCCOCCNC(=O)OC(C)(C)C. The largest absolute Gasteiger partial charge is 0.487 e. The lowest BCUT2D eigenvalue weighted by molar-refractivity contribution is -0.148. The number of hydrogen-bond acceptors (Lipinski definition) is 13. The molecule has 0 aromatic heterocycles. The highest BCUT2D eigenvalue weighted by atomic mass is 16.6. The number of amides is 2. The fraction of sp³-hybridized carbons (Fsp3) is 0.677. The molecular weight excluding hydrogens is 608 g/mol. The van der Waals surface area contributed by atoms with Gasteiger partial charge in [-0.25, -0.2) is 4.79 Å². The third-order valence-electron chi connectivity index (χ3n) is 5.53. The zero-order valence-electron chi connectivity index (χ0n) is 28.1. The van der Waals surface area contributed by atoms with Crippen LogP contribution in [-0.4, -0.2) is 119 Å². The number of nitrogens with one attached hydrogen (secondary N) is 2. The Balaban J connectivity index is 0.00000373. The van der Waals surface area contributed by atoms with Crippen LogP contribution in [0.4, 0.5) is 4.79 Å². The summed E-state index contributed by atoms with van der Waals surface area (Å²) in [4.78, 5) is 45.6. The molecule has 0 fully saturated rings. The predicted octanol–water partition coefficient (Wildman–Crippen LogP) is 1.74. The second-order valence-electron chi connectivity index (χ2n) is 10.8. The Morgan fingerprint density at radius 3 is 1.98 bits per heavy atom. The van der Waals surface area contributed by atoms with Gasteiger partial charge in [0.1, 0.15) is 23.6 Å². The van der Waals surface area contributed by atoms with Crippen molar-refractivity contribution in [1.29, 1.82) is 0 Å². The van der Waals surface area contributed by atoms with Crippen molar-refractivity contribution in [2.24, 2.45) is 0 Å². The highest BCUT2D eigenvalue weighted by Crippen LogP contribution is 2.24. The van der Waals surface area contributed by atoms with Gasteiger partial charge in [-0.2, -0.15) is 0 Å². The van der Waals surface area contributed by atoms with Gasteiger partial charge >= 0.3 is 18.0 Å². The zero-order chi connectivity index (χ0) is 35.0. The Labute approximate surface area is 271 Å². The predicted molar refractivity (Wildman–Crippen MR) is 166 cm³/mol. The Kier molecular flexibility index (Phi) is 22.8. The van der Waals surface area contributed by atoms with Crippen molar-refractivity contribution < 1.29 is 62.5 Å². The molecule has 2 atom stereocenters. The number of aliphatic hydroxyl groups excluding tert-OH is 2. The van der Waals surface area contributed by atoms with E-state index in [0.717, 1.165) is 0 Å². The first-order valence-electron chi connectivity index (χ1n) is 14.9. The topological polar surface area (TPSA) is 197 Å². The van der Waals surface area contributed by atoms with Crippen molar-refractivity contribution in [1.82, 2.24) is 10.6 Å². The molecule has 15 heteroatoms.